The lowest BCUT2D eigenvalue weighted by Gasteiger charge is -2.36. The van der Waals surface area contributed by atoms with Crippen molar-refractivity contribution in [2.75, 3.05) is 23.9 Å². The zero-order valence-corrected chi connectivity index (χ0v) is 17.9. The summed E-state index contributed by atoms with van der Waals surface area (Å²) in [4.78, 5) is 27.0. The highest BCUT2D eigenvalue weighted by Gasteiger charge is 2.38. The van der Waals surface area contributed by atoms with Crippen LogP contribution in [-0.4, -0.2) is 63.1 Å². The molecule has 2 aliphatic heterocycles. The highest BCUT2D eigenvalue weighted by Crippen LogP contribution is 2.41. The van der Waals surface area contributed by atoms with Gasteiger partial charge in [0.2, 0.25) is 0 Å². The van der Waals surface area contributed by atoms with Crippen molar-refractivity contribution in [3.05, 3.63) is 36.4 Å². The fraction of sp³-hybridized carbons (Fsp3) is 0.429. The number of rotatable bonds is 4. The molecule has 2 aliphatic rings. The lowest BCUT2D eigenvalue weighted by atomic mass is 10.1. The monoisotopic (exact) mass is 432 g/mol. The normalized spacial score (nSPS) is 23.4. The number of nitrogens with zero attached hydrogens (tertiary/aromatic N) is 2. The maximum absolute atomic E-state index is 13.0. The van der Waals surface area contributed by atoms with Crippen LogP contribution in [-0.2, 0) is 29.1 Å². The van der Waals surface area contributed by atoms with E-state index in [9.17, 15) is 18.0 Å². The Labute approximate surface area is 175 Å². The summed E-state index contributed by atoms with van der Waals surface area (Å²) in [5, 5.41) is 1.37. The third-order valence-corrected chi connectivity index (χ3v) is 7.14. The number of morpholine rings is 1. The summed E-state index contributed by atoms with van der Waals surface area (Å²) in [6.07, 6.45) is -1.22. The van der Waals surface area contributed by atoms with E-state index in [2.05, 4.69) is 0 Å². The van der Waals surface area contributed by atoms with Crippen LogP contribution in [0.3, 0.4) is 0 Å². The van der Waals surface area contributed by atoms with Crippen molar-refractivity contribution in [2.45, 2.75) is 44.0 Å². The highest BCUT2D eigenvalue weighted by atomic mass is 32.2. The van der Waals surface area contributed by atoms with Crippen molar-refractivity contribution in [3.63, 3.8) is 0 Å². The molecule has 4 rings (SSSR count). The molecule has 3 atom stereocenters. The van der Waals surface area contributed by atoms with Crippen molar-refractivity contribution in [1.29, 1.82) is 0 Å². The Bertz CT molecular complexity index is 1100. The minimum atomic E-state index is -3.86. The van der Waals surface area contributed by atoms with Gasteiger partial charge in [0, 0.05) is 18.5 Å². The molecule has 2 heterocycles. The summed E-state index contributed by atoms with van der Waals surface area (Å²) in [5.74, 6) is -1.10. The molecule has 3 unspecified atom stereocenters. The first-order valence-electron chi connectivity index (χ1n) is 9.86. The lowest BCUT2D eigenvalue weighted by Crippen LogP contribution is -2.51. The predicted molar refractivity (Wildman–Crippen MR) is 111 cm³/mol. The molecule has 8 nitrogen and oxygen atoms in total. The number of hydrogen-bond acceptors (Lipinski definition) is 6. The number of benzene rings is 2. The molecule has 0 aromatic heterocycles. The van der Waals surface area contributed by atoms with Crippen LogP contribution in [0.2, 0.25) is 0 Å². The van der Waals surface area contributed by atoms with E-state index in [0.29, 0.717) is 24.2 Å². The molecular weight excluding hydrogens is 408 g/mol. The van der Waals surface area contributed by atoms with Crippen molar-refractivity contribution in [2.24, 2.45) is 0 Å². The summed E-state index contributed by atoms with van der Waals surface area (Å²) in [6, 6.07) is 10.3. The van der Waals surface area contributed by atoms with Crippen LogP contribution in [0.25, 0.3) is 10.8 Å². The highest BCUT2D eigenvalue weighted by molar-refractivity contribution is 7.93. The molecule has 0 bridgehead atoms. The summed E-state index contributed by atoms with van der Waals surface area (Å²) in [5.41, 5.74) is 0.440. The second-order valence-corrected chi connectivity index (χ2v) is 9.61. The molecule has 0 N–H and O–H groups in total. The van der Waals surface area contributed by atoms with Gasteiger partial charge in [0.1, 0.15) is 6.54 Å². The molecule has 0 radical (unpaired) electrons. The van der Waals surface area contributed by atoms with Gasteiger partial charge in [-0.05, 0) is 38.3 Å². The standard InChI is InChI=1S/C21H24N2O6S/c1-13-10-22(11-14(2)28-13)21(25)15(3)29-19(24)12-23-17-8-4-6-16-7-5-9-18(20(16)17)30(23,26)27/h4-9,13-15H,10-12H2,1-3H3. The number of esters is 1. The van der Waals surface area contributed by atoms with E-state index in [1.807, 2.05) is 26.0 Å². The van der Waals surface area contributed by atoms with E-state index >= 15 is 0 Å². The van der Waals surface area contributed by atoms with Crippen LogP contribution < -0.4 is 4.31 Å². The van der Waals surface area contributed by atoms with Gasteiger partial charge >= 0.3 is 5.97 Å². The van der Waals surface area contributed by atoms with E-state index in [4.69, 9.17) is 9.47 Å². The Hall–Kier alpha value is -2.65. The van der Waals surface area contributed by atoms with E-state index in [1.54, 1.807) is 23.1 Å². The molecule has 2 aromatic rings. The average Bonchev–Trinajstić information content (AvgIpc) is 2.90. The number of anilines is 1. The molecule has 2 aromatic carbocycles. The molecule has 1 saturated heterocycles. The molecule has 0 saturated carbocycles. The zero-order chi connectivity index (χ0) is 21.6. The second-order valence-electron chi connectivity index (χ2n) is 7.78. The Kier molecular flexibility index (Phi) is 5.19. The van der Waals surface area contributed by atoms with Crippen LogP contribution in [0.15, 0.2) is 41.3 Å². The van der Waals surface area contributed by atoms with Crippen LogP contribution >= 0.6 is 0 Å². The van der Waals surface area contributed by atoms with Gasteiger partial charge in [0.25, 0.3) is 15.9 Å². The topological polar surface area (TPSA) is 93.2 Å². The Balaban J connectivity index is 1.48. The third kappa shape index (κ3) is 3.52. The smallest absolute Gasteiger partial charge is 0.327 e. The molecule has 1 amide bonds. The van der Waals surface area contributed by atoms with E-state index in [-0.39, 0.29) is 23.0 Å². The SMILES string of the molecule is CC1CN(C(=O)C(C)OC(=O)CN2c3cccc4cccc(c34)S2(=O)=O)CC(C)O1. The number of ether oxygens (including phenoxy) is 2. The quantitative estimate of drug-likeness (QED) is 0.686. The van der Waals surface area contributed by atoms with Gasteiger partial charge in [-0.25, -0.2) is 8.42 Å². The number of hydrogen-bond donors (Lipinski definition) is 0. The van der Waals surface area contributed by atoms with Crippen molar-refractivity contribution in [1.82, 2.24) is 4.90 Å². The number of sulfonamides is 1. The summed E-state index contributed by atoms with van der Waals surface area (Å²) in [6.45, 7) is 5.60. The van der Waals surface area contributed by atoms with Crippen LogP contribution in [0.1, 0.15) is 20.8 Å². The molecule has 160 valence electrons. The van der Waals surface area contributed by atoms with Crippen LogP contribution in [0, 0.1) is 0 Å². The molecule has 30 heavy (non-hydrogen) atoms. The Morgan fingerprint density at radius 2 is 1.77 bits per heavy atom. The average molecular weight is 432 g/mol. The number of carbonyl (C=O) groups excluding carboxylic acids is 2. The fourth-order valence-electron chi connectivity index (χ4n) is 4.15. The summed E-state index contributed by atoms with van der Waals surface area (Å²) < 4.78 is 37.9. The molecule has 0 spiro atoms. The first-order valence-corrected chi connectivity index (χ1v) is 11.3. The van der Waals surface area contributed by atoms with E-state index < -0.39 is 28.6 Å². The lowest BCUT2D eigenvalue weighted by molar-refractivity contribution is -0.163. The molecular formula is C21H24N2O6S. The fourth-order valence-corrected chi connectivity index (χ4v) is 5.80. The van der Waals surface area contributed by atoms with Crippen LogP contribution in [0.5, 0.6) is 0 Å². The van der Waals surface area contributed by atoms with Gasteiger partial charge < -0.3 is 14.4 Å². The predicted octanol–water partition coefficient (Wildman–Crippen LogP) is 1.92. The molecule has 0 aliphatic carbocycles. The van der Waals surface area contributed by atoms with Gasteiger partial charge in [-0.1, -0.05) is 24.3 Å². The maximum Gasteiger partial charge on any atom is 0.327 e. The Morgan fingerprint density at radius 3 is 2.43 bits per heavy atom. The first-order chi connectivity index (χ1) is 14.2. The second kappa shape index (κ2) is 7.55. The minimum Gasteiger partial charge on any atom is -0.451 e. The van der Waals surface area contributed by atoms with Crippen molar-refractivity contribution >= 4 is 38.4 Å². The van der Waals surface area contributed by atoms with Gasteiger partial charge in [-0.3, -0.25) is 13.9 Å². The summed E-state index contributed by atoms with van der Waals surface area (Å²) >= 11 is 0. The zero-order valence-electron chi connectivity index (χ0n) is 17.1. The minimum absolute atomic E-state index is 0.102. The van der Waals surface area contributed by atoms with Crippen molar-refractivity contribution in [3.8, 4) is 0 Å². The third-order valence-electron chi connectivity index (χ3n) is 5.34. The molecule has 1 fully saturated rings. The Morgan fingerprint density at radius 1 is 1.13 bits per heavy atom. The van der Waals surface area contributed by atoms with Gasteiger partial charge in [0.05, 0.1) is 22.8 Å². The largest absolute Gasteiger partial charge is 0.451 e. The first kappa shape index (κ1) is 20.6. The maximum atomic E-state index is 13.0. The van der Waals surface area contributed by atoms with E-state index in [1.165, 1.54) is 13.0 Å². The summed E-state index contributed by atoms with van der Waals surface area (Å²) in [7, 11) is -3.86. The van der Waals surface area contributed by atoms with Crippen LogP contribution in [0.4, 0.5) is 5.69 Å². The van der Waals surface area contributed by atoms with Gasteiger partial charge in [-0.2, -0.15) is 0 Å². The van der Waals surface area contributed by atoms with Gasteiger partial charge in [0.15, 0.2) is 6.10 Å². The number of amides is 1. The van der Waals surface area contributed by atoms with Crippen molar-refractivity contribution < 1.29 is 27.5 Å². The number of carbonyl (C=O) groups is 2. The van der Waals surface area contributed by atoms with E-state index in [0.717, 1.165) is 9.69 Å². The van der Waals surface area contributed by atoms with Gasteiger partial charge in [-0.15, -0.1) is 0 Å². The molecule has 9 heteroatoms.